The van der Waals surface area contributed by atoms with Crippen LogP contribution in [-0.4, -0.2) is 43.2 Å². The molecule has 146 valence electrons. The summed E-state index contributed by atoms with van der Waals surface area (Å²) >= 11 is 0. The van der Waals surface area contributed by atoms with Gasteiger partial charge in [0, 0.05) is 13.1 Å². The smallest absolute Gasteiger partial charge is 0.343 e. The molecule has 1 N–H and O–H groups in total. The number of hydrogen-bond acceptors (Lipinski definition) is 7. The van der Waals surface area contributed by atoms with E-state index in [0.717, 1.165) is 12.8 Å². The molecule has 0 aliphatic carbocycles. The van der Waals surface area contributed by atoms with Crippen molar-refractivity contribution in [2.45, 2.75) is 39.5 Å². The fourth-order valence-corrected chi connectivity index (χ4v) is 2.99. The Morgan fingerprint density at radius 3 is 2.59 bits per heavy atom. The van der Waals surface area contributed by atoms with Gasteiger partial charge in [0.05, 0.1) is 24.7 Å². The van der Waals surface area contributed by atoms with Crippen LogP contribution < -0.4 is 10.5 Å². The fraction of sp³-hybridized carbons (Fsp3) is 0.579. The molecule has 1 aromatic heterocycles. The van der Waals surface area contributed by atoms with E-state index >= 15 is 0 Å². The van der Waals surface area contributed by atoms with Crippen LogP contribution in [0.1, 0.15) is 55.5 Å². The molecule has 0 spiro atoms. The van der Waals surface area contributed by atoms with Crippen molar-refractivity contribution in [2.75, 3.05) is 31.2 Å². The molecule has 0 atom stereocenters. The SMILES string of the molecule is CCCCOC(=O)C1CCN(c2[nH]c(=O)c(C(=O)OCC)cc2C#N)CC1. The molecule has 1 aromatic rings. The summed E-state index contributed by atoms with van der Waals surface area (Å²) in [6.07, 6.45) is 2.98. The van der Waals surface area contributed by atoms with E-state index in [1.807, 2.05) is 17.9 Å². The molecule has 2 rings (SSSR count). The summed E-state index contributed by atoms with van der Waals surface area (Å²) in [5.74, 6) is -0.743. The number of nitrogens with one attached hydrogen (secondary N) is 1. The van der Waals surface area contributed by atoms with Crippen molar-refractivity contribution in [1.82, 2.24) is 4.98 Å². The van der Waals surface area contributed by atoms with Crippen LogP contribution in [0, 0.1) is 17.2 Å². The number of H-pyrrole nitrogens is 1. The molecule has 2 heterocycles. The number of carbonyl (C=O) groups is 2. The summed E-state index contributed by atoms with van der Waals surface area (Å²) in [5, 5.41) is 9.41. The Bertz CT molecular complexity index is 773. The number of aromatic amines is 1. The Hall–Kier alpha value is -2.82. The van der Waals surface area contributed by atoms with Crippen molar-refractivity contribution >= 4 is 17.8 Å². The van der Waals surface area contributed by atoms with Crippen LogP contribution in [-0.2, 0) is 14.3 Å². The second-order valence-electron chi connectivity index (χ2n) is 6.39. The number of carbonyl (C=O) groups excluding carboxylic acids is 2. The van der Waals surface area contributed by atoms with E-state index in [9.17, 15) is 19.6 Å². The maximum absolute atomic E-state index is 12.2. The Balaban J connectivity index is 2.08. The molecule has 0 amide bonds. The van der Waals surface area contributed by atoms with Crippen molar-refractivity contribution in [3.63, 3.8) is 0 Å². The zero-order valence-electron chi connectivity index (χ0n) is 15.7. The van der Waals surface area contributed by atoms with Crippen molar-refractivity contribution in [2.24, 2.45) is 5.92 Å². The van der Waals surface area contributed by atoms with E-state index in [1.165, 1.54) is 6.07 Å². The van der Waals surface area contributed by atoms with Crippen molar-refractivity contribution in [3.8, 4) is 6.07 Å². The molecular weight excluding hydrogens is 350 g/mol. The highest BCUT2D eigenvalue weighted by Gasteiger charge is 2.28. The summed E-state index contributed by atoms with van der Waals surface area (Å²) in [5.41, 5.74) is -0.586. The summed E-state index contributed by atoms with van der Waals surface area (Å²) in [6, 6.07) is 3.28. The Labute approximate surface area is 158 Å². The quantitative estimate of drug-likeness (QED) is 0.573. The van der Waals surface area contributed by atoms with E-state index < -0.39 is 11.5 Å². The number of aromatic nitrogens is 1. The molecule has 0 bridgehead atoms. The Kier molecular flexibility index (Phi) is 7.41. The largest absolute Gasteiger partial charge is 0.465 e. The van der Waals surface area contributed by atoms with Gasteiger partial charge >= 0.3 is 11.9 Å². The van der Waals surface area contributed by atoms with Gasteiger partial charge in [0.15, 0.2) is 0 Å². The number of anilines is 1. The van der Waals surface area contributed by atoms with Gasteiger partial charge in [-0.2, -0.15) is 5.26 Å². The van der Waals surface area contributed by atoms with E-state index in [-0.39, 0.29) is 29.6 Å². The van der Waals surface area contributed by atoms with E-state index in [1.54, 1.807) is 6.92 Å². The molecule has 1 fully saturated rings. The predicted molar refractivity (Wildman–Crippen MR) is 98.5 cm³/mol. The van der Waals surface area contributed by atoms with Crippen LogP contribution >= 0.6 is 0 Å². The maximum atomic E-state index is 12.2. The minimum absolute atomic E-state index is 0.143. The summed E-state index contributed by atoms with van der Waals surface area (Å²) < 4.78 is 10.1. The molecule has 0 aromatic carbocycles. The lowest BCUT2D eigenvalue weighted by Gasteiger charge is -2.32. The minimum Gasteiger partial charge on any atom is -0.465 e. The Morgan fingerprint density at radius 2 is 2.00 bits per heavy atom. The van der Waals surface area contributed by atoms with E-state index in [4.69, 9.17) is 9.47 Å². The first-order valence-corrected chi connectivity index (χ1v) is 9.27. The number of unbranched alkanes of at least 4 members (excludes halogenated alkanes) is 1. The topological polar surface area (TPSA) is 112 Å². The first-order chi connectivity index (χ1) is 13.0. The average molecular weight is 375 g/mol. The van der Waals surface area contributed by atoms with Crippen LogP contribution in [0.3, 0.4) is 0 Å². The number of nitrogens with zero attached hydrogens (tertiary/aromatic N) is 2. The summed E-state index contributed by atoms with van der Waals surface area (Å²) in [4.78, 5) is 40.6. The third kappa shape index (κ3) is 5.09. The van der Waals surface area contributed by atoms with Crippen molar-refractivity contribution < 1.29 is 19.1 Å². The number of pyridine rings is 1. The number of ether oxygens (including phenoxy) is 2. The number of rotatable bonds is 7. The average Bonchev–Trinajstić information content (AvgIpc) is 2.68. The van der Waals surface area contributed by atoms with Gasteiger partial charge in [0.1, 0.15) is 17.5 Å². The van der Waals surface area contributed by atoms with Crippen LogP contribution in [0.15, 0.2) is 10.9 Å². The van der Waals surface area contributed by atoms with Crippen LogP contribution in [0.4, 0.5) is 5.82 Å². The van der Waals surface area contributed by atoms with Gasteiger partial charge in [-0.15, -0.1) is 0 Å². The highest BCUT2D eigenvalue weighted by atomic mass is 16.5. The normalized spacial score (nSPS) is 14.5. The predicted octanol–water partition coefficient (Wildman–Crippen LogP) is 1.98. The highest BCUT2D eigenvalue weighted by Crippen LogP contribution is 2.25. The molecule has 0 unspecified atom stereocenters. The van der Waals surface area contributed by atoms with Gasteiger partial charge in [-0.25, -0.2) is 4.79 Å². The van der Waals surface area contributed by atoms with Gasteiger partial charge in [-0.05, 0) is 32.3 Å². The zero-order valence-corrected chi connectivity index (χ0v) is 15.7. The molecule has 0 radical (unpaired) electrons. The van der Waals surface area contributed by atoms with Gasteiger partial charge < -0.3 is 19.4 Å². The third-order valence-corrected chi connectivity index (χ3v) is 4.52. The molecule has 8 nitrogen and oxygen atoms in total. The monoisotopic (exact) mass is 375 g/mol. The van der Waals surface area contributed by atoms with Crippen LogP contribution in [0.2, 0.25) is 0 Å². The molecule has 1 saturated heterocycles. The standard InChI is InChI=1S/C19H25N3O5/c1-3-5-10-27-18(24)13-6-8-22(9-7-13)16-14(12-20)11-15(17(23)21-16)19(25)26-4-2/h11,13H,3-10H2,1-2H3,(H,21,23). The lowest BCUT2D eigenvalue weighted by molar-refractivity contribution is -0.149. The van der Waals surface area contributed by atoms with Gasteiger partial charge in [-0.1, -0.05) is 13.3 Å². The van der Waals surface area contributed by atoms with Gasteiger partial charge in [-0.3, -0.25) is 9.59 Å². The number of hydrogen-bond donors (Lipinski definition) is 1. The van der Waals surface area contributed by atoms with E-state index in [2.05, 4.69) is 4.98 Å². The fourth-order valence-electron chi connectivity index (χ4n) is 2.99. The van der Waals surface area contributed by atoms with Crippen LogP contribution in [0.25, 0.3) is 0 Å². The molecular formula is C19H25N3O5. The van der Waals surface area contributed by atoms with Crippen LogP contribution in [0.5, 0.6) is 0 Å². The van der Waals surface area contributed by atoms with Gasteiger partial charge in [0.2, 0.25) is 0 Å². The zero-order chi connectivity index (χ0) is 19.8. The molecule has 8 heteroatoms. The second kappa shape index (κ2) is 9.76. The molecule has 1 aliphatic rings. The Morgan fingerprint density at radius 1 is 1.30 bits per heavy atom. The first kappa shape index (κ1) is 20.5. The summed E-state index contributed by atoms with van der Waals surface area (Å²) in [6.45, 7) is 5.28. The lowest BCUT2D eigenvalue weighted by Crippen LogP contribution is -2.39. The molecule has 0 saturated carbocycles. The number of nitriles is 1. The second-order valence-corrected chi connectivity index (χ2v) is 6.39. The van der Waals surface area contributed by atoms with E-state index in [0.29, 0.717) is 38.4 Å². The summed E-state index contributed by atoms with van der Waals surface area (Å²) in [7, 11) is 0. The van der Waals surface area contributed by atoms with Gasteiger partial charge in [0.25, 0.3) is 5.56 Å². The number of piperidine rings is 1. The maximum Gasteiger partial charge on any atom is 0.343 e. The van der Waals surface area contributed by atoms with Crippen molar-refractivity contribution in [3.05, 3.63) is 27.5 Å². The number of esters is 2. The molecule has 1 aliphatic heterocycles. The highest BCUT2D eigenvalue weighted by molar-refractivity contribution is 5.90. The lowest BCUT2D eigenvalue weighted by atomic mass is 9.96. The first-order valence-electron chi connectivity index (χ1n) is 9.27. The minimum atomic E-state index is -0.754. The molecule has 27 heavy (non-hydrogen) atoms. The third-order valence-electron chi connectivity index (χ3n) is 4.52. The van der Waals surface area contributed by atoms with Crippen molar-refractivity contribution in [1.29, 1.82) is 5.26 Å².